The highest BCUT2D eigenvalue weighted by Crippen LogP contribution is 1.98. The third-order valence-corrected chi connectivity index (χ3v) is 2.20. The van der Waals surface area contributed by atoms with Crippen LogP contribution in [0, 0.1) is 0 Å². The van der Waals surface area contributed by atoms with Gasteiger partial charge >= 0.3 is 0 Å². The largest absolute Gasteiger partial charge is 0.382 e. The molecular formula is C13H19NO2. The molecular weight excluding hydrogens is 202 g/mol. The second kappa shape index (κ2) is 7.88. The number of hydrogen-bond acceptors (Lipinski definition) is 2. The van der Waals surface area contributed by atoms with Crippen molar-refractivity contribution in [3.8, 4) is 0 Å². The summed E-state index contributed by atoms with van der Waals surface area (Å²) in [5, 5.41) is 2.87. The number of hydrogen-bond donors (Lipinski definition) is 1. The minimum atomic E-state index is 0.0719. The molecule has 3 heteroatoms. The van der Waals surface area contributed by atoms with Gasteiger partial charge in [-0.25, -0.2) is 0 Å². The third kappa shape index (κ3) is 5.51. The normalized spacial score (nSPS) is 10.1. The molecule has 0 unspecified atom stereocenters. The first-order valence-corrected chi connectivity index (χ1v) is 5.71. The van der Waals surface area contributed by atoms with Crippen molar-refractivity contribution in [2.45, 2.75) is 19.8 Å². The predicted octanol–water partition coefficient (Wildman–Crippen LogP) is 1.77. The molecule has 0 aliphatic heterocycles. The van der Waals surface area contributed by atoms with E-state index >= 15 is 0 Å². The fourth-order valence-electron chi connectivity index (χ4n) is 1.39. The standard InChI is InChI=1S/C13H19NO2/c1-2-16-10-6-9-14-13(15)11-12-7-4-3-5-8-12/h3-5,7-8H,2,6,9-11H2,1H3,(H,14,15). The Balaban J connectivity index is 2.12. The number of benzene rings is 1. The minimum absolute atomic E-state index is 0.0719. The summed E-state index contributed by atoms with van der Waals surface area (Å²) in [6.45, 7) is 4.10. The zero-order valence-corrected chi connectivity index (χ0v) is 9.74. The molecule has 0 radical (unpaired) electrons. The van der Waals surface area contributed by atoms with Gasteiger partial charge < -0.3 is 10.1 Å². The summed E-state index contributed by atoms with van der Waals surface area (Å²) in [5.74, 6) is 0.0719. The van der Waals surface area contributed by atoms with Crippen molar-refractivity contribution in [3.05, 3.63) is 35.9 Å². The molecule has 1 aromatic carbocycles. The molecule has 0 saturated carbocycles. The van der Waals surface area contributed by atoms with Crippen molar-refractivity contribution in [1.82, 2.24) is 5.32 Å². The molecule has 88 valence electrons. The Morgan fingerprint density at radius 3 is 2.75 bits per heavy atom. The van der Waals surface area contributed by atoms with Crippen molar-refractivity contribution in [2.75, 3.05) is 19.8 Å². The number of ether oxygens (including phenoxy) is 1. The van der Waals surface area contributed by atoms with Crippen LogP contribution in [-0.4, -0.2) is 25.7 Å². The van der Waals surface area contributed by atoms with Crippen molar-refractivity contribution in [3.63, 3.8) is 0 Å². The number of rotatable bonds is 7. The highest BCUT2D eigenvalue weighted by atomic mass is 16.5. The lowest BCUT2D eigenvalue weighted by molar-refractivity contribution is -0.120. The summed E-state index contributed by atoms with van der Waals surface area (Å²) in [7, 11) is 0. The van der Waals surface area contributed by atoms with E-state index in [9.17, 15) is 4.79 Å². The molecule has 1 rings (SSSR count). The van der Waals surface area contributed by atoms with E-state index in [1.807, 2.05) is 37.3 Å². The Morgan fingerprint density at radius 1 is 1.31 bits per heavy atom. The van der Waals surface area contributed by atoms with Gasteiger partial charge in [-0.1, -0.05) is 30.3 Å². The summed E-state index contributed by atoms with van der Waals surface area (Å²) < 4.78 is 5.18. The summed E-state index contributed by atoms with van der Waals surface area (Å²) in [4.78, 5) is 11.5. The van der Waals surface area contributed by atoms with Gasteiger partial charge in [-0.3, -0.25) is 4.79 Å². The fraction of sp³-hybridized carbons (Fsp3) is 0.462. The van der Waals surface area contributed by atoms with Crippen molar-refractivity contribution in [2.24, 2.45) is 0 Å². The van der Waals surface area contributed by atoms with E-state index in [0.29, 0.717) is 19.6 Å². The van der Waals surface area contributed by atoms with Crippen molar-refractivity contribution < 1.29 is 9.53 Å². The number of nitrogens with one attached hydrogen (secondary N) is 1. The van der Waals surface area contributed by atoms with Crippen molar-refractivity contribution >= 4 is 5.91 Å². The van der Waals surface area contributed by atoms with Gasteiger partial charge in [-0.05, 0) is 18.9 Å². The summed E-state index contributed by atoms with van der Waals surface area (Å²) in [5.41, 5.74) is 1.05. The van der Waals surface area contributed by atoms with E-state index < -0.39 is 0 Å². The summed E-state index contributed by atoms with van der Waals surface area (Å²) in [6, 6.07) is 9.75. The SMILES string of the molecule is CCOCCCNC(=O)Cc1ccccc1. The van der Waals surface area contributed by atoms with Crippen LogP contribution in [0.25, 0.3) is 0 Å². The van der Waals surface area contributed by atoms with Crippen LogP contribution in [0.3, 0.4) is 0 Å². The number of carbonyl (C=O) groups excluding carboxylic acids is 1. The first kappa shape index (κ1) is 12.7. The van der Waals surface area contributed by atoms with Gasteiger partial charge in [0.15, 0.2) is 0 Å². The third-order valence-electron chi connectivity index (χ3n) is 2.20. The molecule has 0 bridgehead atoms. The molecule has 0 atom stereocenters. The monoisotopic (exact) mass is 221 g/mol. The highest BCUT2D eigenvalue weighted by molar-refractivity contribution is 5.78. The molecule has 16 heavy (non-hydrogen) atoms. The highest BCUT2D eigenvalue weighted by Gasteiger charge is 2.01. The average molecular weight is 221 g/mol. The molecule has 0 fully saturated rings. The molecule has 1 aromatic rings. The van der Waals surface area contributed by atoms with Crippen molar-refractivity contribution in [1.29, 1.82) is 0 Å². The molecule has 0 saturated heterocycles. The molecule has 1 amide bonds. The van der Waals surface area contributed by atoms with E-state index in [1.54, 1.807) is 0 Å². The Bertz CT molecular complexity index is 298. The van der Waals surface area contributed by atoms with E-state index in [2.05, 4.69) is 5.32 Å². The Morgan fingerprint density at radius 2 is 2.06 bits per heavy atom. The summed E-state index contributed by atoms with van der Waals surface area (Å²) in [6.07, 6.45) is 1.32. The van der Waals surface area contributed by atoms with E-state index in [4.69, 9.17) is 4.74 Å². The Labute approximate surface area is 96.8 Å². The zero-order chi connectivity index (χ0) is 11.6. The van der Waals surface area contributed by atoms with E-state index in [1.165, 1.54) is 0 Å². The Kier molecular flexibility index (Phi) is 6.26. The quantitative estimate of drug-likeness (QED) is 0.713. The van der Waals surface area contributed by atoms with Crippen LogP contribution in [0.2, 0.25) is 0 Å². The van der Waals surface area contributed by atoms with Crippen LogP contribution in [-0.2, 0) is 16.0 Å². The van der Waals surface area contributed by atoms with Crippen LogP contribution in [0.4, 0.5) is 0 Å². The molecule has 0 aromatic heterocycles. The lowest BCUT2D eigenvalue weighted by atomic mass is 10.1. The van der Waals surface area contributed by atoms with Crippen LogP contribution >= 0.6 is 0 Å². The smallest absolute Gasteiger partial charge is 0.224 e. The van der Waals surface area contributed by atoms with Gasteiger partial charge in [0.2, 0.25) is 5.91 Å². The van der Waals surface area contributed by atoms with E-state index in [0.717, 1.165) is 18.6 Å². The molecule has 3 nitrogen and oxygen atoms in total. The maximum atomic E-state index is 11.5. The van der Waals surface area contributed by atoms with Gasteiger partial charge in [0.1, 0.15) is 0 Å². The number of carbonyl (C=O) groups is 1. The Hall–Kier alpha value is -1.35. The first-order valence-electron chi connectivity index (χ1n) is 5.71. The second-order valence-corrected chi connectivity index (χ2v) is 3.56. The van der Waals surface area contributed by atoms with E-state index in [-0.39, 0.29) is 5.91 Å². The van der Waals surface area contributed by atoms with Crippen LogP contribution in [0.5, 0.6) is 0 Å². The van der Waals surface area contributed by atoms with Gasteiger partial charge in [0, 0.05) is 19.8 Å². The minimum Gasteiger partial charge on any atom is -0.382 e. The molecule has 0 aliphatic carbocycles. The van der Waals surface area contributed by atoms with Gasteiger partial charge in [-0.2, -0.15) is 0 Å². The zero-order valence-electron chi connectivity index (χ0n) is 9.74. The maximum Gasteiger partial charge on any atom is 0.224 e. The topological polar surface area (TPSA) is 38.3 Å². The molecule has 0 heterocycles. The fourth-order valence-corrected chi connectivity index (χ4v) is 1.39. The van der Waals surface area contributed by atoms with Crippen LogP contribution in [0.1, 0.15) is 18.9 Å². The first-order chi connectivity index (χ1) is 7.83. The van der Waals surface area contributed by atoms with Gasteiger partial charge in [0.05, 0.1) is 6.42 Å². The van der Waals surface area contributed by atoms with Crippen LogP contribution < -0.4 is 5.32 Å². The molecule has 0 spiro atoms. The van der Waals surface area contributed by atoms with Crippen LogP contribution in [0.15, 0.2) is 30.3 Å². The van der Waals surface area contributed by atoms with Gasteiger partial charge in [0.25, 0.3) is 0 Å². The maximum absolute atomic E-state index is 11.5. The average Bonchev–Trinajstić information content (AvgIpc) is 2.30. The molecule has 0 aliphatic rings. The summed E-state index contributed by atoms with van der Waals surface area (Å²) >= 11 is 0. The lowest BCUT2D eigenvalue weighted by Crippen LogP contribution is -2.26. The second-order valence-electron chi connectivity index (χ2n) is 3.56. The number of amides is 1. The van der Waals surface area contributed by atoms with Gasteiger partial charge in [-0.15, -0.1) is 0 Å². The molecule has 1 N–H and O–H groups in total. The predicted molar refractivity (Wildman–Crippen MR) is 64.3 cm³/mol. The lowest BCUT2D eigenvalue weighted by Gasteiger charge is -2.05.